The number of hydrogen-bond donors (Lipinski definition) is 2. The smallest absolute Gasteiger partial charge is 0.213 e. The second-order valence-corrected chi connectivity index (χ2v) is 8.41. The van der Waals surface area contributed by atoms with E-state index in [0.29, 0.717) is 38.4 Å². The van der Waals surface area contributed by atoms with Crippen molar-refractivity contribution in [3.8, 4) is 0 Å². The molecule has 1 saturated heterocycles. The minimum absolute atomic E-state index is 0. The Bertz CT molecular complexity index is 738. The lowest BCUT2D eigenvalue weighted by atomic mass is 10.1. The van der Waals surface area contributed by atoms with Gasteiger partial charge in [0.15, 0.2) is 5.96 Å². The fraction of sp³-hybridized carbons (Fsp3) is 0.588. The molecule has 0 atom stereocenters. The summed E-state index contributed by atoms with van der Waals surface area (Å²) in [5, 5.41) is 6.33. The molecule has 10 heteroatoms. The van der Waals surface area contributed by atoms with Gasteiger partial charge in [-0.3, -0.25) is 0 Å². The van der Waals surface area contributed by atoms with Crippen molar-refractivity contribution < 1.29 is 17.2 Å². The van der Waals surface area contributed by atoms with Crippen LogP contribution in [0, 0.1) is 11.6 Å². The van der Waals surface area contributed by atoms with Crippen molar-refractivity contribution in [3.05, 3.63) is 35.4 Å². The molecule has 1 aliphatic heterocycles. The summed E-state index contributed by atoms with van der Waals surface area (Å²) in [7, 11) is -3.16. The van der Waals surface area contributed by atoms with Crippen LogP contribution in [0.3, 0.4) is 0 Å². The number of aliphatic imine (C=N–C) groups is 1. The maximum Gasteiger partial charge on any atom is 0.213 e. The van der Waals surface area contributed by atoms with Crippen molar-refractivity contribution in [2.24, 2.45) is 4.99 Å². The van der Waals surface area contributed by atoms with Crippen molar-refractivity contribution in [3.63, 3.8) is 0 Å². The van der Waals surface area contributed by atoms with Crippen LogP contribution in [0.4, 0.5) is 8.78 Å². The van der Waals surface area contributed by atoms with Gasteiger partial charge in [0.05, 0.1) is 12.3 Å². The van der Waals surface area contributed by atoms with Crippen LogP contribution >= 0.6 is 24.0 Å². The van der Waals surface area contributed by atoms with E-state index < -0.39 is 21.7 Å². The molecule has 6 nitrogen and oxygen atoms in total. The third kappa shape index (κ3) is 7.15. The van der Waals surface area contributed by atoms with Crippen LogP contribution in [0.5, 0.6) is 0 Å². The molecule has 2 N–H and O–H groups in total. The van der Waals surface area contributed by atoms with Crippen molar-refractivity contribution in [2.75, 3.05) is 25.4 Å². The molecule has 0 spiro atoms. The van der Waals surface area contributed by atoms with Gasteiger partial charge in [0, 0.05) is 31.2 Å². The number of sulfonamides is 1. The van der Waals surface area contributed by atoms with Gasteiger partial charge < -0.3 is 10.6 Å². The average Bonchev–Trinajstić information content (AvgIpc) is 2.63. The van der Waals surface area contributed by atoms with E-state index in [4.69, 9.17) is 0 Å². The summed E-state index contributed by atoms with van der Waals surface area (Å²) < 4.78 is 52.3. The molecule has 27 heavy (non-hydrogen) atoms. The van der Waals surface area contributed by atoms with E-state index in [1.165, 1.54) is 4.31 Å². The largest absolute Gasteiger partial charge is 0.357 e. The predicted molar refractivity (Wildman–Crippen MR) is 114 cm³/mol. The lowest BCUT2D eigenvalue weighted by Gasteiger charge is -2.32. The Balaban J connectivity index is 0.00000364. The SMILES string of the molecule is CCNC(=NCc1cc(F)ccc1F)NC1CCN(S(=O)(=O)CC)CC1.I. The van der Waals surface area contributed by atoms with Gasteiger partial charge in [-0.2, -0.15) is 0 Å². The maximum absolute atomic E-state index is 13.7. The van der Waals surface area contributed by atoms with Crippen LogP contribution < -0.4 is 10.6 Å². The van der Waals surface area contributed by atoms with Gasteiger partial charge >= 0.3 is 0 Å². The molecular weight excluding hydrogens is 489 g/mol. The van der Waals surface area contributed by atoms with Crippen LogP contribution in [-0.4, -0.2) is 50.1 Å². The zero-order valence-electron chi connectivity index (χ0n) is 15.5. The molecular formula is C17H27F2IN4O2S. The summed E-state index contributed by atoms with van der Waals surface area (Å²) in [6, 6.07) is 3.37. The first kappa shape index (κ1) is 24.0. The van der Waals surface area contributed by atoms with Crippen molar-refractivity contribution in [2.45, 2.75) is 39.3 Å². The van der Waals surface area contributed by atoms with Gasteiger partial charge in [0.2, 0.25) is 10.0 Å². The van der Waals surface area contributed by atoms with Crippen molar-refractivity contribution in [1.29, 1.82) is 0 Å². The molecule has 1 fully saturated rings. The van der Waals surface area contributed by atoms with E-state index >= 15 is 0 Å². The van der Waals surface area contributed by atoms with Crippen LogP contribution in [0.2, 0.25) is 0 Å². The van der Waals surface area contributed by atoms with Gasteiger partial charge in [-0.15, -0.1) is 24.0 Å². The summed E-state index contributed by atoms with van der Waals surface area (Å²) in [6.07, 6.45) is 1.33. The predicted octanol–water partition coefficient (Wildman–Crippen LogP) is 2.45. The summed E-state index contributed by atoms with van der Waals surface area (Å²) in [4.78, 5) is 4.32. The Morgan fingerprint density at radius 1 is 1.26 bits per heavy atom. The summed E-state index contributed by atoms with van der Waals surface area (Å²) in [5.41, 5.74) is 0.186. The Morgan fingerprint density at radius 2 is 1.93 bits per heavy atom. The lowest BCUT2D eigenvalue weighted by molar-refractivity contribution is 0.306. The fourth-order valence-electron chi connectivity index (χ4n) is 2.80. The molecule has 0 aliphatic carbocycles. The number of nitrogens with zero attached hydrogens (tertiary/aromatic N) is 2. The molecule has 2 rings (SSSR count). The highest BCUT2D eigenvalue weighted by Crippen LogP contribution is 2.15. The molecule has 0 unspecified atom stereocenters. The Labute approximate surface area is 176 Å². The van der Waals surface area contributed by atoms with Crippen LogP contribution in [0.1, 0.15) is 32.3 Å². The number of nitrogens with one attached hydrogen (secondary N) is 2. The van der Waals surface area contributed by atoms with E-state index in [1.54, 1.807) is 6.92 Å². The topological polar surface area (TPSA) is 73.8 Å². The van der Waals surface area contributed by atoms with E-state index in [-0.39, 0.29) is 47.9 Å². The maximum atomic E-state index is 13.7. The normalized spacial score (nSPS) is 16.7. The monoisotopic (exact) mass is 516 g/mol. The molecule has 1 aliphatic rings. The third-order valence-electron chi connectivity index (χ3n) is 4.31. The quantitative estimate of drug-likeness (QED) is 0.346. The molecule has 1 heterocycles. The first-order chi connectivity index (χ1) is 12.4. The molecule has 0 radical (unpaired) electrons. The molecule has 0 saturated carbocycles. The van der Waals surface area contributed by atoms with Crippen LogP contribution in [-0.2, 0) is 16.6 Å². The third-order valence-corrected chi connectivity index (χ3v) is 6.19. The fourth-order valence-corrected chi connectivity index (χ4v) is 3.94. The zero-order chi connectivity index (χ0) is 19.2. The molecule has 1 aromatic rings. The first-order valence-corrected chi connectivity index (χ1v) is 10.4. The molecule has 0 bridgehead atoms. The van der Waals surface area contributed by atoms with E-state index in [9.17, 15) is 17.2 Å². The molecule has 1 aromatic carbocycles. The second-order valence-electron chi connectivity index (χ2n) is 6.15. The second kappa shape index (κ2) is 11.1. The van der Waals surface area contributed by atoms with Crippen LogP contribution in [0.15, 0.2) is 23.2 Å². The highest BCUT2D eigenvalue weighted by molar-refractivity contribution is 14.0. The van der Waals surface area contributed by atoms with Gasteiger partial charge in [-0.1, -0.05) is 0 Å². The Kier molecular flexibility index (Phi) is 9.88. The number of guanidine groups is 1. The number of piperidine rings is 1. The Hall–Kier alpha value is -1.01. The van der Waals surface area contributed by atoms with Gasteiger partial charge in [-0.05, 0) is 44.9 Å². The summed E-state index contributed by atoms with van der Waals surface area (Å²) in [6.45, 7) is 5.12. The number of rotatable bonds is 6. The number of hydrogen-bond acceptors (Lipinski definition) is 3. The van der Waals surface area contributed by atoms with Crippen molar-refractivity contribution in [1.82, 2.24) is 14.9 Å². The van der Waals surface area contributed by atoms with Crippen LogP contribution in [0.25, 0.3) is 0 Å². The lowest BCUT2D eigenvalue weighted by Crippen LogP contribution is -2.50. The summed E-state index contributed by atoms with van der Waals surface area (Å²) in [5.74, 6) is -0.384. The molecule has 154 valence electrons. The molecule has 0 aromatic heterocycles. The minimum Gasteiger partial charge on any atom is -0.357 e. The zero-order valence-corrected chi connectivity index (χ0v) is 18.7. The summed E-state index contributed by atoms with van der Waals surface area (Å²) >= 11 is 0. The van der Waals surface area contributed by atoms with Crippen molar-refractivity contribution >= 4 is 40.0 Å². The first-order valence-electron chi connectivity index (χ1n) is 8.82. The van der Waals surface area contributed by atoms with Gasteiger partial charge in [-0.25, -0.2) is 26.5 Å². The van der Waals surface area contributed by atoms with E-state index in [2.05, 4.69) is 15.6 Å². The Morgan fingerprint density at radius 3 is 2.52 bits per heavy atom. The van der Waals surface area contributed by atoms with Gasteiger partial charge in [0.25, 0.3) is 0 Å². The number of halogens is 3. The highest BCUT2D eigenvalue weighted by atomic mass is 127. The number of benzene rings is 1. The minimum atomic E-state index is -3.16. The van der Waals surface area contributed by atoms with E-state index in [0.717, 1.165) is 18.2 Å². The average molecular weight is 516 g/mol. The standard InChI is InChI=1S/C17H26F2N4O2S.HI/c1-3-20-17(21-12-13-11-14(18)5-6-16(13)19)22-15-7-9-23(10-8-15)26(24,25)4-2;/h5-6,11,15H,3-4,7-10,12H2,1-2H3,(H2,20,21,22);1H. The highest BCUT2D eigenvalue weighted by Gasteiger charge is 2.27. The van der Waals surface area contributed by atoms with E-state index in [1.807, 2.05) is 6.92 Å². The van der Waals surface area contributed by atoms with Gasteiger partial charge in [0.1, 0.15) is 11.6 Å². The molecule has 0 amide bonds.